The summed E-state index contributed by atoms with van der Waals surface area (Å²) >= 11 is 0. The lowest BCUT2D eigenvalue weighted by Gasteiger charge is -2.23. The Morgan fingerprint density at radius 1 is 0.600 bits per heavy atom. The lowest BCUT2D eigenvalue weighted by atomic mass is 10.2. The average molecular weight is 406 g/mol. The first-order valence-corrected chi connectivity index (χ1v) is 10.4. The Labute approximate surface area is 179 Å². The van der Waals surface area contributed by atoms with Crippen LogP contribution in [0.1, 0.15) is 16.7 Å². The lowest BCUT2D eigenvalue weighted by molar-refractivity contribution is 0.263. The zero-order chi connectivity index (χ0) is 21.0. The molecule has 30 heavy (non-hydrogen) atoms. The molecule has 0 aromatic heterocycles. The van der Waals surface area contributed by atoms with Crippen molar-refractivity contribution in [1.29, 1.82) is 0 Å². The van der Waals surface area contributed by atoms with Crippen LogP contribution in [0.25, 0.3) is 0 Å². The third-order valence-electron chi connectivity index (χ3n) is 5.07. The van der Waals surface area contributed by atoms with Gasteiger partial charge in [-0.25, -0.2) is 0 Å². The van der Waals surface area contributed by atoms with Crippen LogP contribution in [0, 0.1) is 0 Å². The van der Waals surface area contributed by atoms with Crippen molar-refractivity contribution in [2.45, 2.75) is 19.6 Å². The summed E-state index contributed by atoms with van der Waals surface area (Å²) in [7, 11) is 0. The highest BCUT2D eigenvalue weighted by molar-refractivity contribution is 5.32. The number of hydrogen-bond acceptors (Lipinski definition) is 5. The molecular weight excluding hydrogens is 374 g/mol. The molecule has 0 atom stereocenters. The predicted molar refractivity (Wildman–Crippen MR) is 121 cm³/mol. The van der Waals surface area contributed by atoms with Crippen LogP contribution in [0.2, 0.25) is 0 Å². The van der Waals surface area contributed by atoms with Crippen LogP contribution < -0.4 is 10.6 Å². The van der Waals surface area contributed by atoms with Gasteiger partial charge in [-0.1, -0.05) is 66.7 Å². The minimum atomic E-state index is 0.333. The first kappa shape index (κ1) is 21.8. The maximum Gasteiger partial charge on any atom is 0.120 e. The number of hydrogen-bond donors (Lipinski definition) is 4. The molecule has 3 aromatic carbocycles. The van der Waals surface area contributed by atoms with Gasteiger partial charge in [-0.3, -0.25) is 4.90 Å². The van der Waals surface area contributed by atoms with E-state index in [1.165, 1.54) is 5.56 Å². The molecule has 0 aliphatic rings. The van der Waals surface area contributed by atoms with Crippen LogP contribution in [0.15, 0.2) is 78.9 Å². The largest absolute Gasteiger partial charge is 0.508 e. The van der Waals surface area contributed by atoms with Crippen molar-refractivity contribution < 1.29 is 10.2 Å². The Hall–Kier alpha value is -2.86. The summed E-state index contributed by atoms with van der Waals surface area (Å²) < 4.78 is 0. The summed E-state index contributed by atoms with van der Waals surface area (Å²) in [6.07, 6.45) is 0. The predicted octanol–water partition coefficient (Wildman–Crippen LogP) is 3.48. The summed E-state index contributed by atoms with van der Waals surface area (Å²) in [6, 6.07) is 25.3. The molecule has 0 saturated carbocycles. The Bertz CT molecular complexity index is 833. The van der Waals surface area contributed by atoms with E-state index in [-0.39, 0.29) is 0 Å². The molecule has 3 aromatic rings. The summed E-state index contributed by atoms with van der Waals surface area (Å²) in [5.41, 5.74) is 3.12. The van der Waals surface area contributed by atoms with Crippen molar-refractivity contribution >= 4 is 0 Å². The molecule has 0 bridgehead atoms. The normalized spacial score (nSPS) is 11.1. The van der Waals surface area contributed by atoms with Gasteiger partial charge in [0.05, 0.1) is 0 Å². The van der Waals surface area contributed by atoms with E-state index in [1.807, 2.05) is 42.5 Å². The van der Waals surface area contributed by atoms with Crippen LogP contribution in [0.3, 0.4) is 0 Å². The second kappa shape index (κ2) is 12.0. The van der Waals surface area contributed by atoms with Crippen LogP contribution >= 0.6 is 0 Å². The number of phenolic OH excluding ortho intramolecular Hbond substituents is 2. The first-order chi connectivity index (χ1) is 14.7. The van der Waals surface area contributed by atoms with Gasteiger partial charge in [0.1, 0.15) is 11.5 Å². The minimum Gasteiger partial charge on any atom is -0.508 e. The van der Waals surface area contributed by atoms with E-state index in [4.69, 9.17) is 0 Å². The molecule has 0 saturated heterocycles. The van der Waals surface area contributed by atoms with Crippen molar-refractivity contribution in [2.24, 2.45) is 0 Å². The Balaban J connectivity index is 1.46. The SMILES string of the molecule is Oc1ccccc1CNCCN(CCNCc1ccccc1O)Cc1ccccc1. The van der Waals surface area contributed by atoms with Crippen LogP contribution in [0.4, 0.5) is 0 Å². The van der Waals surface area contributed by atoms with E-state index in [9.17, 15) is 10.2 Å². The first-order valence-electron chi connectivity index (χ1n) is 10.4. The molecule has 0 spiro atoms. The molecule has 0 heterocycles. The van der Waals surface area contributed by atoms with Gasteiger partial charge in [0.2, 0.25) is 0 Å². The molecule has 5 nitrogen and oxygen atoms in total. The van der Waals surface area contributed by atoms with Gasteiger partial charge < -0.3 is 20.8 Å². The fourth-order valence-corrected chi connectivity index (χ4v) is 3.35. The van der Waals surface area contributed by atoms with E-state index in [1.54, 1.807) is 12.1 Å². The molecule has 0 amide bonds. The Morgan fingerprint density at radius 2 is 1.07 bits per heavy atom. The topological polar surface area (TPSA) is 67.8 Å². The molecule has 3 rings (SSSR count). The average Bonchev–Trinajstić information content (AvgIpc) is 2.77. The van der Waals surface area contributed by atoms with Gasteiger partial charge in [-0.15, -0.1) is 0 Å². The fourth-order valence-electron chi connectivity index (χ4n) is 3.35. The van der Waals surface area contributed by atoms with Crippen molar-refractivity contribution in [3.05, 3.63) is 95.6 Å². The van der Waals surface area contributed by atoms with Crippen molar-refractivity contribution in [1.82, 2.24) is 15.5 Å². The molecule has 158 valence electrons. The number of phenols is 2. The second-order valence-corrected chi connectivity index (χ2v) is 7.37. The van der Waals surface area contributed by atoms with Gasteiger partial charge in [-0.2, -0.15) is 0 Å². The molecule has 4 N–H and O–H groups in total. The molecule has 0 unspecified atom stereocenters. The Morgan fingerprint density at radius 3 is 1.57 bits per heavy atom. The fraction of sp³-hybridized carbons (Fsp3) is 0.280. The monoisotopic (exact) mass is 405 g/mol. The van der Waals surface area contributed by atoms with Crippen LogP contribution in [0.5, 0.6) is 11.5 Å². The van der Waals surface area contributed by atoms with Crippen LogP contribution in [-0.2, 0) is 19.6 Å². The quantitative estimate of drug-likeness (QED) is 0.348. The lowest BCUT2D eigenvalue weighted by Crippen LogP contribution is -2.36. The highest BCUT2D eigenvalue weighted by atomic mass is 16.3. The van der Waals surface area contributed by atoms with E-state index in [0.29, 0.717) is 24.6 Å². The standard InChI is InChI=1S/C25H31N3O2/c29-24-12-6-4-10-22(24)18-26-14-16-28(20-21-8-2-1-3-9-21)17-15-27-19-23-11-5-7-13-25(23)30/h1-13,26-27,29-30H,14-20H2. The molecule has 0 radical (unpaired) electrons. The number of nitrogens with zero attached hydrogens (tertiary/aromatic N) is 1. The maximum atomic E-state index is 9.89. The molecule has 0 aliphatic carbocycles. The Kier molecular flexibility index (Phi) is 8.72. The minimum absolute atomic E-state index is 0.333. The van der Waals surface area contributed by atoms with Gasteiger partial charge in [0, 0.05) is 56.9 Å². The van der Waals surface area contributed by atoms with E-state index in [0.717, 1.165) is 43.9 Å². The van der Waals surface area contributed by atoms with Gasteiger partial charge in [0.15, 0.2) is 0 Å². The van der Waals surface area contributed by atoms with Crippen molar-refractivity contribution in [3.8, 4) is 11.5 Å². The molecule has 0 fully saturated rings. The highest BCUT2D eigenvalue weighted by Gasteiger charge is 2.07. The van der Waals surface area contributed by atoms with Gasteiger partial charge >= 0.3 is 0 Å². The summed E-state index contributed by atoms with van der Waals surface area (Å²) in [6.45, 7) is 5.66. The zero-order valence-corrected chi connectivity index (χ0v) is 17.3. The maximum absolute atomic E-state index is 9.89. The number of para-hydroxylation sites is 2. The second-order valence-electron chi connectivity index (χ2n) is 7.37. The summed E-state index contributed by atoms with van der Waals surface area (Å²) in [5.74, 6) is 0.666. The van der Waals surface area contributed by atoms with E-state index >= 15 is 0 Å². The summed E-state index contributed by atoms with van der Waals surface area (Å²) in [4.78, 5) is 2.41. The zero-order valence-electron chi connectivity index (χ0n) is 17.3. The van der Waals surface area contributed by atoms with Crippen molar-refractivity contribution in [2.75, 3.05) is 26.2 Å². The number of rotatable bonds is 12. The number of aromatic hydroxyl groups is 2. The molecule has 0 aliphatic heterocycles. The smallest absolute Gasteiger partial charge is 0.120 e. The molecule has 5 heteroatoms. The third-order valence-corrected chi connectivity index (χ3v) is 5.07. The van der Waals surface area contributed by atoms with Gasteiger partial charge in [-0.05, 0) is 17.7 Å². The van der Waals surface area contributed by atoms with Crippen LogP contribution in [-0.4, -0.2) is 41.3 Å². The summed E-state index contributed by atoms with van der Waals surface area (Å²) in [5, 5.41) is 26.6. The van der Waals surface area contributed by atoms with Gasteiger partial charge in [0.25, 0.3) is 0 Å². The highest BCUT2D eigenvalue weighted by Crippen LogP contribution is 2.15. The number of benzene rings is 3. The number of nitrogens with one attached hydrogen (secondary N) is 2. The third kappa shape index (κ3) is 7.19. The molecular formula is C25H31N3O2. The van der Waals surface area contributed by atoms with E-state index < -0.39 is 0 Å². The van der Waals surface area contributed by atoms with Crippen molar-refractivity contribution in [3.63, 3.8) is 0 Å². The van der Waals surface area contributed by atoms with E-state index in [2.05, 4.69) is 39.8 Å².